The van der Waals surface area contributed by atoms with Crippen molar-refractivity contribution in [3.05, 3.63) is 48.2 Å². The number of benzene rings is 1. The van der Waals surface area contributed by atoms with Crippen molar-refractivity contribution in [3.63, 3.8) is 0 Å². The Morgan fingerprint density at radius 3 is 2.72 bits per heavy atom. The summed E-state index contributed by atoms with van der Waals surface area (Å²) in [4.78, 5) is 32.3. The molecule has 0 atom stereocenters. The van der Waals surface area contributed by atoms with Gasteiger partial charge in [-0.2, -0.15) is 0 Å². The molecule has 3 rings (SSSR count). The lowest BCUT2D eigenvalue weighted by atomic mass is 10.1. The first kappa shape index (κ1) is 23.6. The fourth-order valence-electron chi connectivity index (χ4n) is 3.80. The molecule has 1 aromatic heterocycles. The molecule has 2 N–H and O–H groups in total. The van der Waals surface area contributed by atoms with Gasteiger partial charge in [-0.25, -0.2) is 4.98 Å². The van der Waals surface area contributed by atoms with Crippen LogP contribution in [0.4, 0.5) is 11.5 Å². The first-order chi connectivity index (χ1) is 15.6. The molecule has 0 saturated heterocycles. The van der Waals surface area contributed by atoms with Gasteiger partial charge in [-0.3, -0.25) is 9.59 Å². The van der Waals surface area contributed by atoms with Crippen molar-refractivity contribution in [2.45, 2.75) is 58.4 Å². The fraction of sp³-hybridized carbons (Fsp3) is 0.480. The number of ether oxygens (including phenoxy) is 1. The Balaban J connectivity index is 1.87. The van der Waals surface area contributed by atoms with Gasteiger partial charge in [0.25, 0.3) is 5.91 Å². The molecule has 0 radical (unpaired) electrons. The first-order valence-electron chi connectivity index (χ1n) is 11.6. The normalized spacial score (nSPS) is 15.1. The van der Waals surface area contributed by atoms with Crippen LogP contribution in [0.15, 0.2) is 42.6 Å². The summed E-state index contributed by atoms with van der Waals surface area (Å²) >= 11 is 0. The molecule has 172 valence electrons. The summed E-state index contributed by atoms with van der Waals surface area (Å²) in [5.74, 6) is 0.868. The molecule has 2 amide bonds. The maximum atomic E-state index is 13.5. The molecule has 0 saturated carbocycles. The molecule has 0 spiro atoms. The van der Waals surface area contributed by atoms with E-state index in [0.717, 1.165) is 50.0 Å². The summed E-state index contributed by atoms with van der Waals surface area (Å²) in [5, 5.41) is 6.31. The Labute approximate surface area is 190 Å². The third-order valence-electron chi connectivity index (χ3n) is 5.73. The van der Waals surface area contributed by atoms with E-state index < -0.39 is 0 Å². The number of para-hydroxylation sites is 2. The number of nitrogens with zero attached hydrogens (tertiary/aromatic N) is 2. The zero-order chi connectivity index (χ0) is 22.8. The Kier molecular flexibility index (Phi) is 8.90. The molecule has 1 aliphatic rings. The maximum Gasteiger partial charge on any atom is 0.258 e. The highest BCUT2D eigenvalue weighted by Crippen LogP contribution is 2.29. The Morgan fingerprint density at radius 1 is 1.12 bits per heavy atom. The van der Waals surface area contributed by atoms with Crippen molar-refractivity contribution in [3.8, 4) is 5.75 Å². The minimum absolute atomic E-state index is 0.0450. The zero-order valence-electron chi connectivity index (χ0n) is 19.1. The SMILES string of the molecule is CCC(CC)NC(=O)CN1CCCCCCOc2ccccc2Nc2ncccc2C1=O. The quantitative estimate of drug-likeness (QED) is 0.717. The minimum atomic E-state index is -0.198. The summed E-state index contributed by atoms with van der Waals surface area (Å²) in [6.07, 6.45) is 7.14. The molecular formula is C25H34N4O3. The van der Waals surface area contributed by atoms with E-state index in [-0.39, 0.29) is 24.4 Å². The number of carbonyl (C=O) groups is 2. The van der Waals surface area contributed by atoms with Gasteiger partial charge in [0.15, 0.2) is 0 Å². The molecule has 0 aliphatic carbocycles. The average molecular weight is 439 g/mol. The number of anilines is 2. The molecule has 7 nitrogen and oxygen atoms in total. The van der Waals surface area contributed by atoms with Gasteiger partial charge in [0, 0.05) is 18.8 Å². The standard InChI is InChI=1S/C25H34N4O3/c1-3-19(4-2)27-23(30)18-29-16-9-5-6-10-17-32-22-14-8-7-13-21(22)28-24-20(25(29)31)12-11-15-26-24/h7-8,11-15,19H,3-6,9-10,16-18H2,1-2H3,(H,26,28)(H,27,30). The van der Waals surface area contributed by atoms with Crippen LogP contribution in [-0.4, -0.2) is 47.4 Å². The van der Waals surface area contributed by atoms with Crippen molar-refractivity contribution in [1.82, 2.24) is 15.2 Å². The van der Waals surface area contributed by atoms with E-state index in [4.69, 9.17) is 4.74 Å². The third kappa shape index (κ3) is 6.45. The Hall–Kier alpha value is -3.09. The highest BCUT2D eigenvalue weighted by atomic mass is 16.5. The third-order valence-corrected chi connectivity index (χ3v) is 5.73. The van der Waals surface area contributed by atoms with Crippen molar-refractivity contribution >= 4 is 23.3 Å². The van der Waals surface area contributed by atoms with Crippen molar-refractivity contribution in [2.24, 2.45) is 0 Å². The van der Waals surface area contributed by atoms with Gasteiger partial charge in [0.2, 0.25) is 5.91 Å². The highest BCUT2D eigenvalue weighted by Gasteiger charge is 2.23. The van der Waals surface area contributed by atoms with Crippen LogP contribution in [-0.2, 0) is 4.79 Å². The van der Waals surface area contributed by atoms with E-state index in [1.807, 2.05) is 24.3 Å². The van der Waals surface area contributed by atoms with Crippen molar-refractivity contribution < 1.29 is 14.3 Å². The van der Waals surface area contributed by atoms with Crippen molar-refractivity contribution in [2.75, 3.05) is 25.0 Å². The maximum absolute atomic E-state index is 13.5. The van der Waals surface area contributed by atoms with Crippen LogP contribution < -0.4 is 15.4 Å². The highest BCUT2D eigenvalue weighted by molar-refractivity contribution is 6.01. The molecule has 2 heterocycles. The lowest BCUT2D eigenvalue weighted by Crippen LogP contribution is -2.44. The van der Waals surface area contributed by atoms with Crippen LogP contribution >= 0.6 is 0 Å². The van der Waals surface area contributed by atoms with E-state index in [1.54, 1.807) is 23.2 Å². The summed E-state index contributed by atoms with van der Waals surface area (Å²) in [6, 6.07) is 11.3. The van der Waals surface area contributed by atoms with Crippen LogP contribution in [0.25, 0.3) is 0 Å². The van der Waals surface area contributed by atoms with Gasteiger partial charge in [-0.05, 0) is 49.9 Å². The van der Waals surface area contributed by atoms with Gasteiger partial charge in [-0.1, -0.05) is 38.8 Å². The number of aromatic nitrogens is 1. The first-order valence-corrected chi connectivity index (χ1v) is 11.6. The number of rotatable bonds is 5. The second-order valence-corrected chi connectivity index (χ2v) is 8.09. The number of amides is 2. The Bertz CT molecular complexity index is 898. The van der Waals surface area contributed by atoms with Crippen LogP contribution in [0.3, 0.4) is 0 Å². The van der Waals surface area contributed by atoms with E-state index in [1.165, 1.54) is 0 Å². The number of nitrogens with one attached hydrogen (secondary N) is 2. The van der Waals surface area contributed by atoms with Gasteiger partial charge in [0.05, 0.1) is 24.4 Å². The molecule has 32 heavy (non-hydrogen) atoms. The number of pyridine rings is 1. The number of carbonyl (C=O) groups excluding carboxylic acids is 2. The van der Waals surface area contributed by atoms with E-state index >= 15 is 0 Å². The summed E-state index contributed by atoms with van der Waals surface area (Å²) < 4.78 is 5.97. The van der Waals surface area contributed by atoms with Crippen LogP contribution in [0.1, 0.15) is 62.7 Å². The molecule has 7 heteroatoms. The number of fused-ring (bicyclic) bond motifs is 2. The fourth-order valence-corrected chi connectivity index (χ4v) is 3.80. The monoisotopic (exact) mass is 438 g/mol. The van der Waals surface area contributed by atoms with E-state index in [9.17, 15) is 9.59 Å². The largest absolute Gasteiger partial charge is 0.491 e. The van der Waals surface area contributed by atoms with E-state index in [0.29, 0.717) is 24.5 Å². The molecular weight excluding hydrogens is 404 g/mol. The molecule has 2 aromatic rings. The average Bonchev–Trinajstić information content (AvgIpc) is 2.81. The van der Waals surface area contributed by atoms with Crippen LogP contribution in [0.5, 0.6) is 5.75 Å². The summed E-state index contributed by atoms with van der Waals surface area (Å²) in [6.45, 7) is 5.31. The minimum Gasteiger partial charge on any atom is -0.491 e. The van der Waals surface area contributed by atoms with Gasteiger partial charge in [-0.15, -0.1) is 0 Å². The lowest BCUT2D eigenvalue weighted by molar-refractivity contribution is -0.122. The summed E-state index contributed by atoms with van der Waals surface area (Å²) in [7, 11) is 0. The number of hydrogen-bond acceptors (Lipinski definition) is 5. The summed E-state index contributed by atoms with van der Waals surface area (Å²) in [5.41, 5.74) is 1.20. The predicted octanol–water partition coefficient (Wildman–Crippen LogP) is 4.53. The number of hydrogen-bond donors (Lipinski definition) is 2. The second kappa shape index (κ2) is 12.1. The van der Waals surface area contributed by atoms with Crippen LogP contribution in [0.2, 0.25) is 0 Å². The lowest BCUT2D eigenvalue weighted by Gasteiger charge is -2.25. The molecule has 1 aliphatic heterocycles. The molecule has 0 fully saturated rings. The zero-order valence-corrected chi connectivity index (χ0v) is 19.1. The van der Waals surface area contributed by atoms with Gasteiger partial charge in [0.1, 0.15) is 11.6 Å². The Morgan fingerprint density at radius 2 is 1.91 bits per heavy atom. The van der Waals surface area contributed by atoms with Gasteiger partial charge >= 0.3 is 0 Å². The van der Waals surface area contributed by atoms with Gasteiger partial charge < -0.3 is 20.3 Å². The molecule has 0 bridgehead atoms. The second-order valence-electron chi connectivity index (χ2n) is 8.09. The van der Waals surface area contributed by atoms with Crippen LogP contribution in [0, 0.1) is 0 Å². The van der Waals surface area contributed by atoms with Crippen molar-refractivity contribution in [1.29, 1.82) is 0 Å². The van der Waals surface area contributed by atoms with E-state index in [2.05, 4.69) is 29.5 Å². The molecule has 1 aromatic carbocycles. The predicted molar refractivity (Wildman–Crippen MR) is 126 cm³/mol. The topological polar surface area (TPSA) is 83.6 Å². The smallest absolute Gasteiger partial charge is 0.258 e. The molecule has 0 unspecified atom stereocenters.